The third-order valence-corrected chi connectivity index (χ3v) is 6.33. The van der Waals surface area contributed by atoms with Crippen LogP contribution in [0.4, 0.5) is 0 Å². The molecule has 0 bridgehead atoms. The number of carboxylic acids is 2. The summed E-state index contributed by atoms with van der Waals surface area (Å²) in [7, 11) is 0. The lowest BCUT2D eigenvalue weighted by Crippen LogP contribution is -2.23. The van der Waals surface area contributed by atoms with Crippen molar-refractivity contribution in [1.82, 2.24) is 0 Å². The highest BCUT2D eigenvalue weighted by molar-refractivity contribution is 7.17. The number of hydrogen-bond acceptors (Lipinski definition) is 6. The number of carboxylic acid groups (broad SMARTS) is 2. The van der Waals surface area contributed by atoms with Crippen LogP contribution in [0.1, 0.15) is 54.6 Å². The van der Waals surface area contributed by atoms with Crippen LogP contribution in [0.2, 0.25) is 0 Å². The van der Waals surface area contributed by atoms with E-state index in [1.54, 1.807) is 18.4 Å². The maximum absolute atomic E-state index is 12.5. The molecule has 2 N–H and O–H groups in total. The van der Waals surface area contributed by atoms with Crippen molar-refractivity contribution in [1.29, 1.82) is 0 Å². The number of aliphatic carboxylic acids is 2. The second-order valence-corrected chi connectivity index (χ2v) is 7.54. The van der Waals surface area contributed by atoms with E-state index in [0.29, 0.717) is 20.2 Å². The van der Waals surface area contributed by atoms with Gasteiger partial charge in [0, 0.05) is 21.9 Å². The number of rotatable bonds is 5. The first kappa shape index (κ1) is 16.5. The van der Waals surface area contributed by atoms with Gasteiger partial charge in [-0.3, -0.25) is 19.2 Å². The van der Waals surface area contributed by atoms with E-state index in [2.05, 4.69) is 0 Å². The van der Waals surface area contributed by atoms with Crippen LogP contribution in [0, 0.1) is 5.92 Å². The van der Waals surface area contributed by atoms with Crippen LogP contribution in [0.5, 0.6) is 0 Å². The largest absolute Gasteiger partial charge is 0.481 e. The van der Waals surface area contributed by atoms with Crippen LogP contribution >= 0.6 is 22.7 Å². The minimum atomic E-state index is -1.21. The van der Waals surface area contributed by atoms with Crippen LogP contribution in [0.3, 0.4) is 0 Å². The van der Waals surface area contributed by atoms with Crippen molar-refractivity contribution < 1.29 is 29.4 Å². The summed E-state index contributed by atoms with van der Waals surface area (Å²) in [6.07, 6.45) is -0.520. The zero-order valence-electron chi connectivity index (χ0n) is 12.4. The molecule has 1 aliphatic rings. The topological polar surface area (TPSA) is 109 Å². The van der Waals surface area contributed by atoms with E-state index in [-0.39, 0.29) is 17.1 Å². The molecule has 8 heteroatoms. The fourth-order valence-electron chi connectivity index (χ4n) is 2.75. The van der Waals surface area contributed by atoms with Crippen molar-refractivity contribution in [2.75, 3.05) is 0 Å². The highest BCUT2D eigenvalue weighted by atomic mass is 32.1. The zero-order chi connectivity index (χ0) is 17.6. The molecule has 0 saturated carbocycles. The number of fused-ring (bicyclic) bond motifs is 2. The summed E-state index contributed by atoms with van der Waals surface area (Å²) in [5.41, 5.74) is 0.645. The van der Waals surface area contributed by atoms with Gasteiger partial charge >= 0.3 is 11.9 Å². The minimum Gasteiger partial charge on any atom is -0.481 e. The zero-order valence-corrected chi connectivity index (χ0v) is 14.1. The monoisotopic (exact) mass is 364 g/mol. The van der Waals surface area contributed by atoms with Crippen LogP contribution in [0.15, 0.2) is 17.5 Å². The minimum absolute atomic E-state index is 0.233. The van der Waals surface area contributed by atoms with Crippen molar-refractivity contribution >= 4 is 46.2 Å². The fraction of sp³-hybridized carbons (Fsp3) is 0.250. The Morgan fingerprint density at radius 1 is 1.12 bits per heavy atom. The summed E-state index contributed by atoms with van der Waals surface area (Å²) in [5, 5.41) is 19.9. The lowest BCUT2D eigenvalue weighted by molar-refractivity contribution is -0.148. The number of carbonyl (C=O) groups excluding carboxylic acids is 2. The molecule has 24 heavy (non-hydrogen) atoms. The summed E-state index contributed by atoms with van der Waals surface area (Å²) in [4.78, 5) is 48.5. The van der Waals surface area contributed by atoms with Crippen molar-refractivity contribution in [3.8, 4) is 0 Å². The van der Waals surface area contributed by atoms with E-state index in [1.807, 2.05) is 0 Å². The van der Waals surface area contributed by atoms with Gasteiger partial charge in [-0.25, -0.2) is 0 Å². The SMILES string of the molecule is CC(c1cc2c(s1)C(=O)c1sccc1C2=O)C(CC(=O)O)C(=O)O. The summed E-state index contributed by atoms with van der Waals surface area (Å²) >= 11 is 2.28. The lowest BCUT2D eigenvalue weighted by Gasteiger charge is -2.16. The van der Waals surface area contributed by atoms with Gasteiger partial charge in [0.25, 0.3) is 0 Å². The Morgan fingerprint density at radius 2 is 1.83 bits per heavy atom. The van der Waals surface area contributed by atoms with Crippen LogP contribution in [-0.2, 0) is 9.59 Å². The number of hydrogen-bond donors (Lipinski definition) is 2. The standard InChI is InChI=1S/C16H12O6S2/c1-6(8(16(21)22)5-11(17)18)10-4-9-12(19)7-2-3-23-14(7)13(20)15(9)24-10/h2-4,6,8H,5H2,1H3,(H,17,18)(H,21,22). The molecule has 0 aliphatic heterocycles. The summed E-state index contributed by atoms with van der Waals surface area (Å²) in [6, 6.07) is 3.14. The second-order valence-electron chi connectivity index (χ2n) is 5.54. The van der Waals surface area contributed by atoms with Gasteiger partial charge in [-0.1, -0.05) is 6.92 Å². The van der Waals surface area contributed by atoms with Crippen molar-refractivity contribution in [2.24, 2.45) is 5.92 Å². The van der Waals surface area contributed by atoms with Crippen LogP contribution in [0.25, 0.3) is 0 Å². The summed E-state index contributed by atoms with van der Waals surface area (Å²) in [5.74, 6) is -4.64. The number of ketones is 2. The molecular weight excluding hydrogens is 352 g/mol. The highest BCUT2D eigenvalue weighted by Gasteiger charge is 2.36. The first-order chi connectivity index (χ1) is 11.3. The van der Waals surface area contributed by atoms with Gasteiger partial charge in [0.1, 0.15) is 0 Å². The van der Waals surface area contributed by atoms with E-state index >= 15 is 0 Å². The average Bonchev–Trinajstić information content (AvgIpc) is 3.16. The molecule has 2 aromatic heterocycles. The van der Waals surface area contributed by atoms with Crippen molar-refractivity contribution in [3.63, 3.8) is 0 Å². The van der Waals surface area contributed by atoms with E-state index in [0.717, 1.165) is 11.3 Å². The molecule has 6 nitrogen and oxygen atoms in total. The second kappa shape index (κ2) is 5.95. The molecule has 2 heterocycles. The molecular formula is C16H12O6S2. The first-order valence-electron chi connectivity index (χ1n) is 7.06. The molecule has 0 radical (unpaired) electrons. The molecule has 2 aromatic rings. The molecule has 0 spiro atoms. The Balaban J connectivity index is 2.00. The molecule has 0 aromatic carbocycles. The Kier molecular flexibility index (Phi) is 4.10. The smallest absolute Gasteiger partial charge is 0.307 e. The maximum Gasteiger partial charge on any atom is 0.307 e. The molecule has 2 unspecified atom stereocenters. The van der Waals surface area contributed by atoms with Gasteiger partial charge in [-0.2, -0.15) is 0 Å². The number of carbonyl (C=O) groups is 4. The number of thiophene rings is 2. The predicted molar refractivity (Wildman–Crippen MR) is 87.3 cm³/mol. The quantitative estimate of drug-likeness (QED) is 0.720. The van der Waals surface area contributed by atoms with Crippen molar-refractivity contribution in [3.05, 3.63) is 43.3 Å². The summed E-state index contributed by atoms with van der Waals surface area (Å²) in [6.45, 7) is 1.60. The molecule has 1 aliphatic carbocycles. The van der Waals surface area contributed by atoms with E-state index in [4.69, 9.17) is 5.11 Å². The third-order valence-electron chi connectivity index (χ3n) is 4.08. The van der Waals surface area contributed by atoms with Crippen LogP contribution < -0.4 is 0 Å². The molecule has 0 fully saturated rings. The van der Waals surface area contributed by atoms with E-state index in [1.165, 1.54) is 17.4 Å². The van der Waals surface area contributed by atoms with E-state index in [9.17, 15) is 24.3 Å². The van der Waals surface area contributed by atoms with Gasteiger partial charge in [-0.15, -0.1) is 22.7 Å². The molecule has 2 atom stereocenters. The summed E-state index contributed by atoms with van der Waals surface area (Å²) < 4.78 is 0. The fourth-order valence-corrected chi connectivity index (χ4v) is 4.87. The van der Waals surface area contributed by atoms with Gasteiger partial charge in [-0.05, 0) is 17.5 Å². The maximum atomic E-state index is 12.5. The molecule has 3 rings (SSSR count). The average molecular weight is 364 g/mol. The Bertz CT molecular complexity index is 827. The van der Waals surface area contributed by atoms with Crippen molar-refractivity contribution in [2.45, 2.75) is 19.3 Å². The van der Waals surface area contributed by atoms with Gasteiger partial charge in [0.2, 0.25) is 5.78 Å². The van der Waals surface area contributed by atoms with E-state index < -0.39 is 30.2 Å². The normalized spacial score (nSPS) is 15.5. The lowest BCUT2D eigenvalue weighted by atomic mass is 9.88. The van der Waals surface area contributed by atoms with Gasteiger partial charge in [0.15, 0.2) is 5.78 Å². The van der Waals surface area contributed by atoms with Crippen LogP contribution in [-0.4, -0.2) is 33.7 Å². The predicted octanol–water partition coefficient (Wildman–Crippen LogP) is 2.86. The first-order valence-corrected chi connectivity index (χ1v) is 8.76. The van der Waals surface area contributed by atoms with Gasteiger partial charge < -0.3 is 10.2 Å². The Labute approximate surface area is 144 Å². The Morgan fingerprint density at radius 3 is 2.46 bits per heavy atom. The Hall–Kier alpha value is -2.32. The van der Waals surface area contributed by atoms with Gasteiger partial charge in [0.05, 0.1) is 22.1 Å². The third kappa shape index (κ3) is 2.57. The molecule has 0 amide bonds. The molecule has 0 saturated heterocycles. The highest BCUT2D eigenvalue weighted by Crippen LogP contribution is 2.40. The molecule has 124 valence electrons.